The van der Waals surface area contributed by atoms with Crippen molar-refractivity contribution in [1.82, 2.24) is 0 Å². The molecule has 0 radical (unpaired) electrons. The molecule has 0 spiro atoms. The summed E-state index contributed by atoms with van der Waals surface area (Å²) in [5.41, 5.74) is 7.55. The summed E-state index contributed by atoms with van der Waals surface area (Å²) in [6, 6.07) is 7.66. The maximum absolute atomic E-state index is 12.4. The van der Waals surface area contributed by atoms with Crippen molar-refractivity contribution < 1.29 is 9.90 Å². The first-order valence-corrected chi connectivity index (χ1v) is 7.18. The lowest BCUT2D eigenvalue weighted by Crippen LogP contribution is -2.25. The van der Waals surface area contributed by atoms with Gasteiger partial charge in [0.15, 0.2) is 5.78 Å². The fraction of sp³-hybridized carbons (Fsp3) is 0.562. The topological polar surface area (TPSA) is 63.3 Å². The summed E-state index contributed by atoms with van der Waals surface area (Å²) < 4.78 is 0. The van der Waals surface area contributed by atoms with Crippen LogP contribution in [-0.2, 0) is 6.42 Å². The van der Waals surface area contributed by atoms with Gasteiger partial charge in [0.25, 0.3) is 0 Å². The van der Waals surface area contributed by atoms with Crippen molar-refractivity contribution in [3.63, 3.8) is 0 Å². The molecule has 1 aliphatic rings. The van der Waals surface area contributed by atoms with E-state index in [1.165, 1.54) is 0 Å². The van der Waals surface area contributed by atoms with E-state index in [0.717, 1.165) is 43.4 Å². The molecular formula is C16H23NO2. The molecule has 0 unspecified atom stereocenters. The highest BCUT2D eigenvalue weighted by atomic mass is 16.2. The average molecular weight is 261 g/mol. The molecule has 1 aromatic rings. The standard InChI is InChI=1S/C16H23NO2/c17-11-13-3-7-15(8-4-13)16(19)14-5-1-12(2-6-14)9-10-18/h1-2,5-6,13,15,18H,3-4,7-11,17H2. The molecule has 0 bridgehead atoms. The quantitative estimate of drug-likeness (QED) is 0.798. The van der Waals surface area contributed by atoms with Crippen molar-refractivity contribution in [3.05, 3.63) is 35.4 Å². The number of aliphatic hydroxyl groups is 1. The minimum absolute atomic E-state index is 0.149. The second kappa shape index (κ2) is 6.83. The zero-order valence-electron chi connectivity index (χ0n) is 11.3. The first-order chi connectivity index (χ1) is 9.24. The van der Waals surface area contributed by atoms with E-state index in [1.54, 1.807) is 0 Å². The molecule has 1 aromatic carbocycles. The Morgan fingerprint density at radius 3 is 2.32 bits per heavy atom. The highest BCUT2D eigenvalue weighted by Gasteiger charge is 2.26. The molecule has 0 aromatic heterocycles. The van der Waals surface area contributed by atoms with Crippen LogP contribution in [0.1, 0.15) is 41.6 Å². The van der Waals surface area contributed by atoms with Crippen LogP contribution >= 0.6 is 0 Å². The Balaban J connectivity index is 1.96. The summed E-state index contributed by atoms with van der Waals surface area (Å²) in [7, 11) is 0. The second-order valence-electron chi connectivity index (χ2n) is 5.49. The number of hydrogen-bond acceptors (Lipinski definition) is 3. The van der Waals surface area contributed by atoms with Crippen LogP contribution in [0.2, 0.25) is 0 Å². The fourth-order valence-corrected chi connectivity index (χ4v) is 2.86. The number of benzene rings is 1. The molecule has 1 fully saturated rings. The normalized spacial score (nSPS) is 23.3. The van der Waals surface area contributed by atoms with Crippen molar-refractivity contribution in [1.29, 1.82) is 0 Å². The lowest BCUT2D eigenvalue weighted by atomic mass is 9.78. The third-order valence-corrected chi connectivity index (χ3v) is 4.19. The van der Waals surface area contributed by atoms with Crippen LogP contribution < -0.4 is 5.73 Å². The van der Waals surface area contributed by atoms with Crippen molar-refractivity contribution in [2.24, 2.45) is 17.6 Å². The third kappa shape index (κ3) is 3.64. The average Bonchev–Trinajstić information content (AvgIpc) is 2.48. The van der Waals surface area contributed by atoms with E-state index in [1.807, 2.05) is 24.3 Å². The monoisotopic (exact) mass is 261 g/mol. The Morgan fingerprint density at radius 2 is 1.79 bits per heavy atom. The van der Waals surface area contributed by atoms with Gasteiger partial charge in [-0.15, -0.1) is 0 Å². The lowest BCUT2D eigenvalue weighted by molar-refractivity contribution is 0.0873. The van der Waals surface area contributed by atoms with Gasteiger partial charge in [0.2, 0.25) is 0 Å². The van der Waals surface area contributed by atoms with Gasteiger partial charge in [0, 0.05) is 18.1 Å². The van der Waals surface area contributed by atoms with E-state index >= 15 is 0 Å². The van der Waals surface area contributed by atoms with E-state index in [4.69, 9.17) is 10.8 Å². The number of aliphatic hydroxyl groups excluding tert-OH is 1. The molecule has 19 heavy (non-hydrogen) atoms. The van der Waals surface area contributed by atoms with Gasteiger partial charge < -0.3 is 10.8 Å². The van der Waals surface area contributed by atoms with Gasteiger partial charge in [-0.25, -0.2) is 0 Å². The molecule has 0 saturated heterocycles. The molecule has 0 aliphatic heterocycles. The van der Waals surface area contributed by atoms with Crippen LogP contribution in [0.25, 0.3) is 0 Å². The number of nitrogens with two attached hydrogens (primary N) is 1. The Bertz CT molecular complexity index is 405. The molecule has 0 heterocycles. The number of carbonyl (C=O) groups is 1. The molecule has 3 heteroatoms. The van der Waals surface area contributed by atoms with Gasteiger partial charge >= 0.3 is 0 Å². The largest absolute Gasteiger partial charge is 0.396 e. The first-order valence-electron chi connectivity index (χ1n) is 7.18. The summed E-state index contributed by atoms with van der Waals surface area (Å²) in [4.78, 5) is 12.4. The molecule has 3 nitrogen and oxygen atoms in total. The van der Waals surface area contributed by atoms with E-state index in [-0.39, 0.29) is 18.3 Å². The Labute approximate surface area is 114 Å². The van der Waals surface area contributed by atoms with E-state index in [9.17, 15) is 4.79 Å². The summed E-state index contributed by atoms with van der Waals surface area (Å²) in [5.74, 6) is 1.05. The van der Waals surface area contributed by atoms with Gasteiger partial charge in [-0.1, -0.05) is 24.3 Å². The number of ketones is 1. The smallest absolute Gasteiger partial charge is 0.165 e. The number of hydrogen-bond donors (Lipinski definition) is 2. The maximum atomic E-state index is 12.4. The molecule has 0 atom stereocenters. The fourth-order valence-electron chi connectivity index (χ4n) is 2.86. The van der Waals surface area contributed by atoms with Gasteiger partial charge in [0.05, 0.1) is 0 Å². The van der Waals surface area contributed by atoms with Crippen LogP contribution in [0.3, 0.4) is 0 Å². The molecule has 2 rings (SSSR count). The van der Waals surface area contributed by atoms with Crippen LogP contribution in [0.5, 0.6) is 0 Å². The van der Waals surface area contributed by atoms with Crippen LogP contribution in [0, 0.1) is 11.8 Å². The van der Waals surface area contributed by atoms with Crippen molar-refractivity contribution in [3.8, 4) is 0 Å². The summed E-state index contributed by atoms with van der Waals surface area (Å²) >= 11 is 0. The minimum atomic E-state index is 0.149. The van der Waals surface area contributed by atoms with Crippen molar-refractivity contribution in [2.45, 2.75) is 32.1 Å². The molecule has 0 amide bonds. The molecular weight excluding hydrogens is 238 g/mol. The summed E-state index contributed by atoms with van der Waals surface area (Å²) in [6.45, 7) is 0.896. The zero-order chi connectivity index (χ0) is 13.7. The SMILES string of the molecule is NCC1CCC(C(=O)c2ccc(CCO)cc2)CC1. The lowest BCUT2D eigenvalue weighted by Gasteiger charge is -2.26. The Hall–Kier alpha value is -1.19. The highest BCUT2D eigenvalue weighted by molar-refractivity contribution is 5.97. The van der Waals surface area contributed by atoms with Gasteiger partial charge in [0.1, 0.15) is 0 Å². The molecule has 104 valence electrons. The van der Waals surface area contributed by atoms with Gasteiger partial charge in [-0.3, -0.25) is 4.79 Å². The number of Topliss-reactive ketones (excluding diaryl/α,β-unsaturated/α-hetero) is 1. The second-order valence-corrected chi connectivity index (χ2v) is 5.49. The summed E-state index contributed by atoms with van der Waals surface area (Å²) in [6.07, 6.45) is 4.75. The molecule has 1 saturated carbocycles. The summed E-state index contributed by atoms with van der Waals surface area (Å²) in [5, 5.41) is 8.87. The van der Waals surface area contributed by atoms with E-state index < -0.39 is 0 Å². The minimum Gasteiger partial charge on any atom is -0.396 e. The first kappa shape index (κ1) is 14.2. The highest BCUT2D eigenvalue weighted by Crippen LogP contribution is 2.30. The predicted octanol–water partition coefficient (Wildman–Crippen LogP) is 2.17. The van der Waals surface area contributed by atoms with Crippen molar-refractivity contribution in [2.75, 3.05) is 13.2 Å². The molecule has 1 aliphatic carbocycles. The third-order valence-electron chi connectivity index (χ3n) is 4.19. The Morgan fingerprint density at radius 1 is 1.16 bits per heavy atom. The van der Waals surface area contributed by atoms with Crippen LogP contribution in [0.4, 0.5) is 0 Å². The van der Waals surface area contributed by atoms with E-state index in [0.29, 0.717) is 12.3 Å². The van der Waals surface area contributed by atoms with Gasteiger partial charge in [-0.2, -0.15) is 0 Å². The maximum Gasteiger partial charge on any atom is 0.165 e. The van der Waals surface area contributed by atoms with Crippen LogP contribution in [-0.4, -0.2) is 24.0 Å². The predicted molar refractivity (Wildman–Crippen MR) is 76.1 cm³/mol. The van der Waals surface area contributed by atoms with Crippen LogP contribution in [0.15, 0.2) is 24.3 Å². The van der Waals surface area contributed by atoms with E-state index in [2.05, 4.69) is 0 Å². The zero-order valence-corrected chi connectivity index (χ0v) is 11.3. The number of carbonyl (C=O) groups excluding carboxylic acids is 1. The molecule has 3 N–H and O–H groups in total. The van der Waals surface area contributed by atoms with Crippen molar-refractivity contribution >= 4 is 5.78 Å². The Kier molecular flexibility index (Phi) is 5.11. The van der Waals surface area contributed by atoms with Gasteiger partial charge in [-0.05, 0) is 50.1 Å². The number of rotatable bonds is 5.